The lowest BCUT2D eigenvalue weighted by atomic mass is 10.1. The average Bonchev–Trinajstić information content (AvgIpc) is 2.52. The van der Waals surface area contributed by atoms with E-state index >= 15 is 0 Å². The van der Waals surface area contributed by atoms with Crippen LogP contribution >= 0.6 is 0 Å². The van der Waals surface area contributed by atoms with Crippen molar-refractivity contribution in [1.82, 2.24) is 4.72 Å². The molecule has 24 heavy (non-hydrogen) atoms. The van der Waals surface area contributed by atoms with Crippen molar-refractivity contribution in [3.8, 4) is 0 Å². The van der Waals surface area contributed by atoms with Crippen molar-refractivity contribution in [3.63, 3.8) is 0 Å². The Morgan fingerprint density at radius 1 is 1.21 bits per heavy atom. The highest BCUT2D eigenvalue weighted by Crippen LogP contribution is 2.21. The molecule has 2 aromatic rings. The standard InChI is InChI=1S/C15H15FN2O5S/c1-11-6-8-12(9-7-11)24(21,22)17-10-15(23-18(19)20)13-4-2-3-5-14(13)16/h2-9,15,17H,10H2,1H3. The third-order valence-corrected chi connectivity index (χ3v) is 4.69. The summed E-state index contributed by atoms with van der Waals surface area (Å²) in [6.45, 7) is 1.32. The molecule has 1 unspecified atom stereocenters. The fraction of sp³-hybridized carbons (Fsp3) is 0.200. The third kappa shape index (κ3) is 4.49. The van der Waals surface area contributed by atoms with Gasteiger partial charge >= 0.3 is 0 Å². The molecule has 0 saturated heterocycles. The molecule has 0 fully saturated rings. The highest BCUT2D eigenvalue weighted by Gasteiger charge is 2.23. The first-order chi connectivity index (χ1) is 11.3. The Kier molecular flexibility index (Phi) is 5.47. The molecule has 9 heteroatoms. The van der Waals surface area contributed by atoms with Crippen LogP contribution in [-0.4, -0.2) is 20.0 Å². The molecule has 0 aromatic heterocycles. The second kappa shape index (κ2) is 7.37. The Balaban J connectivity index is 2.20. The van der Waals surface area contributed by atoms with Crippen molar-refractivity contribution in [2.24, 2.45) is 0 Å². The minimum Gasteiger partial charge on any atom is -0.304 e. The first-order valence-corrected chi connectivity index (χ1v) is 8.40. The summed E-state index contributed by atoms with van der Waals surface area (Å²) in [4.78, 5) is 15.0. The van der Waals surface area contributed by atoms with Crippen LogP contribution in [0.3, 0.4) is 0 Å². The van der Waals surface area contributed by atoms with Crippen molar-refractivity contribution < 1.29 is 22.7 Å². The number of aryl methyl sites for hydroxylation is 1. The summed E-state index contributed by atoms with van der Waals surface area (Å²) in [5.41, 5.74) is 0.774. The minimum atomic E-state index is -3.90. The van der Waals surface area contributed by atoms with Crippen LogP contribution in [0.5, 0.6) is 0 Å². The number of nitrogens with one attached hydrogen (secondary N) is 1. The van der Waals surface area contributed by atoms with E-state index in [1.165, 1.54) is 30.3 Å². The maximum atomic E-state index is 13.8. The number of halogens is 1. The minimum absolute atomic E-state index is 0.00138. The molecule has 1 N–H and O–H groups in total. The van der Waals surface area contributed by atoms with E-state index in [0.717, 1.165) is 11.6 Å². The number of hydrogen-bond donors (Lipinski definition) is 1. The van der Waals surface area contributed by atoms with Gasteiger partial charge in [0.05, 0.1) is 4.90 Å². The summed E-state index contributed by atoms with van der Waals surface area (Å²) in [7, 11) is -3.90. The fourth-order valence-corrected chi connectivity index (χ4v) is 3.06. The Labute approximate surface area is 138 Å². The number of benzene rings is 2. The molecule has 0 aliphatic rings. The number of hydrogen-bond acceptors (Lipinski definition) is 5. The molecule has 128 valence electrons. The van der Waals surface area contributed by atoms with E-state index < -0.39 is 33.6 Å². The predicted molar refractivity (Wildman–Crippen MR) is 83.6 cm³/mol. The summed E-state index contributed by atoms with van der Waals surface area (Å²) < 4.78 is 40.4. The Morgan fingerprint density at radius 2 is 1.83 bits per heavy atom. The quantitative estimate of drug-likeness (QED) is 0.608. The van der Waals surface area contributed by atoms with E-state index in [1.54, 1.807) is 12.1 Å². The summed E-state index contributed by atoms with van der Waals surface area (Å²) in [5.74, 6) is -0.723. The molecule has 7 nitrogen and oxygen atoms in total. The van der Waals surface area contributed by atoms with Gasteiger partial charge in [0.1, 0.15) is 11.9 Å². The zero-order valence-corrected chi connectivity index (χ0v) is 13.5. The first kappa shape index (κ1) is 17.8. The van der Waals surface area contributed by atoms with Gasteiger partial charge in [-0.25, -0.2) is 17.5 Å². The van der Waals surface area contributed by atoms with E-state index in [1.807, 2.05) is 6.92 Å². The lowest BCUT2D eigenvalue weighted by molar-refractivity contribution is -0.770. The molecule has 0 heterocycles. The van der Waals surface area contributed by atoms with E-state index in [0.29, 0.717) is 0 Å². The van der Waals surface area contributed by atoms with E-state index in [-0.39, 0.29) is 10.5 Å². The van der Waals surface area contributed by atoms with Crippen LogP contribution in [0.1, 0.15) is 17.2 Å². The van der Waals surface area contributed by atoms with Crippen LogP contribution in [-0.2, 0) is 14.9 Å². The zero-order valence-electron chi connectivity index (χ0n) is 12.7. The van der Waals surface area contributed by atoms with Gasteiger partial charge in [-0.1, -0.05) is 35.9 Å². The van der Waals surface area contributed by atoms with Crippen molar-refractivity contribution in [2.45, 2.75) is 17.9 Å². The van der Waals surface area contributed by atoms with Gasteiger partial charge in [0.15, 0.2) is 0 Å². The SMILES string of the molecule is Cc1ccc(S(=O)(=O)NCC(O[N+](=O)[O-])c2ccccc2F)cc1. The highest BCUT2D eigenvalue weighted by atomic mass is 32.2. The molecule has 0 aliphatic heterocycles. The maximum Gasteiger partial charge on any atom is 0.295 e. The fourth-order valence-electron chi connectivity index (χ4n) is 2.03. The van der Waals surface area contributed by atoms with E-state index in [2.05, 4.69) is 9.56 Å². The summed E-state index contributed by atoms with van der Waals surface area (Å²) in [6.07, 6.45) is -1.40. The van der Waals surface area contributed by atoms with Gasteiger partial charge in [-0.15, -0.1) is 10.1 Å². The molecule has 0 radical (unpaired) electrons. The third-order valence-electron chi connectivity index (χ3n) is 3.26. The van der Waals surface area contributed by atoms with Gasteiger partial charge in [0, 0.05) is 12.1 Å². The molecule has 0 spiro atoms. The van der Waals surface area contributed by atoms with E-state index in [9.17, 15) is 22.9 Å². The molecule has 0 amide bonds. The number of rotatable bonds is 7. The molecule has 1 atom stereocenters. The lowest BCUT2D eigenvalue weighted by Gasteiger charge is -2.17. The Bertz CT molecular complexity index is 824. The maximum absolute atomic E-state index is 13.8. The normalized spacial score (nSPS) is 12.6. The van der Waals surface area contributed by atoms with Crippen molar-refractivity contribution in [1.29, 1.82) is 0 Å². The largest absolute Gasteiger partial charge is 0.304 e. The van der Waals surface area contributed by atoms with Crippen molar-refractivity contribution in [2.75, 3.05) is 6.54 Å². The molecule has 0 bridgehead atoms. The molecule has 2 rings (SSSR count). The second-order valence-electron chi connectivity index (χ2n) is 5.00. The van der Waals surface area contributed by atoms with Crippen LogP contribution in [0.15, 0.2) is 53.4 Å². The summed E-state index contributed by atoms with van der Waals surface area (Å²) in [5, 5.41) is 9.52. The van der Waals surface area contributed by atoms with E-state index in [4.69, 9.17) is 0 Å². The van der Waals surface area contributed by atoms with Gasteiger partial charge < -0.3 is 4.84 Å². The molecular formula is C15H15FN2O5S. The Hall–Kier alpha value is -2.52. The second-order valence-corrected chi connectivity index (χ2v) is 6.77. The number of nitrogens with zero attached hydrogens (tertiary/aromatic N) is 1. The van der Waals surface area contributed by atoms with Crippen LogP contribution in [0.25, 0.3) is 0 Å². The highest BCUT2D eigenvalue weighted by molar-refractivity contribution is 7.89. The average molecular weight is 354 g/mol. The first-order valence-electron chi connectivity index (χ1n) is 6.91. The van der Waals surface area contributed by atoms with Crippen molar-refractivity contribution >= 4 is 10.0 Å². The van der Waals surface area contributed by atoms with Gasteiger partial charge in [-0.2, -0.15) is 0 Å². The molecule has 0 saturated carbocycles. The number of sulfonamides is 1. The van der Waals surface area contributed by atoms with Crippen LogP contribution in [0.2, 0.25) is 0 Å². The zero-order chi connectivity index (χ0) is 17.7. The summed E-state index contributed by atoms with van der Waals surface area (Å²) >= 11 is 0. The van der Waals surface area contributed by atoms with Gasteiger partial charge in [-0.05, 0) is 25.1 Å². The van der Waals surface area contributed by atoms with Crippen LogP contribution in [0.4, 0.5) is 4.39 Å². The van der Waals surface area contributed by atoms with Gasteiger partial charge in [-0.3, -0.25) is 0 Å². The van der Waals surface area contributed by atoms with Gasteiger partial charge in [0.2, 0.25) is 10.0 Å². The molecular weight excluding hydrogens is 339 g/mol. The topological polar surface area (TPSA) is 98.5 Å². The lowest BCUT2D eigenvalue weighted by Crippen LogP contribution is -2.31. The Morgan fingerprint density at radius 3 is 2.42 bits per heavy atom. The van der Waals surface area contributed by atoms with Gasteiger partial charge in [0.25, 0.3) is 5.09 Å². The smallest absolute Gasteiger partial charge is 0.295 e. The molecule has 2 aromatic carbocycles. The monoisotopic (exact) mass is 354 g/mol. The van der Waals surface area contributed by atoms with Crippen LogP contribution < -0.4 is 4.72 Å². The molecule has 0 aliphatic carbocycles. The summed E-state index contributed by atoms with van der Waals surface area (Å²) in [6, 6.07) is 11.4. The predicted octanol–water partition coefficient (Wildman–Crippen LogP) is 2.36. The van der Waals surface area contributed by atoms with Crippen molar-refractivity contribution in [3.05, 3.63) is 75.6 Å². The van der Waals surface area contributed by atoms with Crippen LogP contribution in [0, 0.1) is 22.9 Å².